The second-order valence-electron chi connectivity index (χ2n) is 4.73. The maximum absolute atomic E-state index is 11.8. The highest BCUT2D eigenvalue weighted by molar-refractivity contribution is 6.02. The molecule has 0 saturated heterocycles. The van der Waals surface area contributed by atoms with Gasteiger partial charge in [-0.1, -0.05) is 18.2 Å². The number of hydrogen-bond acceptors (Lipinski definition) is 2. The Bertz CT molecular complexity index is 557. The maximum atomic E-state index is 11.8. The van der Waals surface area contributed by atoms with Crippen LogP contribution in [0.25, 0.3) is 10.9 Å². The summed E-state index contributed by atoms with van der Waals surface area (Å²) in [7, 11) is 0. The second-order valence-corrected chi connectivity index (χ2v) is 4.73. The van der Waals surface area contributed by atoms with Crippen molar-refractivity contribution in [2.75, 3.05) is 5.32 Å². The number of para-hydroxylation sites is 1. The van der Waals surface area contributed by atoms with Gasteiger partial charge in [-0.05, 0) is 26.3 Å². The first-order chi connectivity index (χ1) is 8.58. The van der Waals surface area contributed by atoms with Crippen LogP contribution in [-0.4, -0.2) is 16.9 Å². The summed E-state index contributed by atoms with van der Waals surface area (Å²) in [5, 5.41) is 4.01. The van der Waals surface area contributed by atoms with Gasteiger partial charge in [0.15, 0.2) is 0 Å². The Morgan fingerprint density at radius 1 is 1.44 bits per heavy atom. The number of hydrogen-bond donors (Lipinski definition) is 3. The minimum atomic E-state index is 0.0140. The molecule has 1 atom stereocenters. The molecule has 0 aliphatic carbocycles. The molecule has 1 unspecified atom stereocenters. The Kier molecular flexibility index (Phi) is 3.67. The SMILES string of the molecule is Cc1[nH]c2ccccc2c1NC(=O)CCC(C)N. The van der Waals surface area contributed by atoms with Crippen molar-refractivity contribution < 1.29 is 4.79 Å². The van der Waals surface area contributed by atoms with Crippen molar-refractivity contribution in [3.63, 3.8) is 0 Å². The number of H-pyrrole nitrogens is 1. The van der Waals surface area contributed by atoms with Crippen molar-refractivity contribution in [3.05, 3.63) is 30.0 Å². The van der Waals surface area contributed by atoms with Crippen LogP contribution in [0.1, 0.15) is 25.5 Å². The average Bonchev–Trinajstić information content (AvgIpc) is 2.64. The van der Waals surface area contributed by atoms with Gasteiger partial charge in [0.2, 0.25) is 5.91 Å². The highest BCUT2D eigenvalue weighted by Crippen LogP contribution is 2.26. The zero-order valence-corrected chi connectivity index (χ0v) is 10.8. The van der Waals surface area contributed by atoms with Crippen LogP contribution in [-0.2, 0) is 4.79 Å². The highest BCUT2D eigenvalue weighted by atomic mass is 16.1. The van der Waals surface area contributed by atoms with Crippen molar-refractivity contribution in [1.82, 2.24) is 4.98 Å². The van der Waals surface area contributed by atoms with E-state index in [9.17, 15) is 4.79 Å². The molecule has 2 aromatic rings. The van der Waals surface area contributed by atoms with Crippen LogP contribution < -0.4 is 11.1 Å². The number of nitrogens with two attached hydrogens (primary N) is 1. The Labute approximate surface area is 107 Å². The normalized spacial score (nSPS) is 12.6. The summed E-state index contributed by atoms with van der Waals surface area (Å²) < 4.78 is 0. The summed E-state index contributed by atoms with van der Waals surface area (Å²) in [6.07, 6.45) is 1.16. The van der Waals surface area contributed by atoms with E-state index in [1.165, 1.54) is 0 Å². The van der Waals surface area contributed by atoms with Gasteiger partial charge in [0.05, 0.1) is 5.69 Å². The number of aromatic amines is 1. The predicted octanol–water partition coefficient (Wildman–Crippen LogP) is 2.54. The van der Waals surface area contributed by atoms with Crippen LogP contribution in [0.5, 0.6) is 0 Å². The van der Waals surface area contributed by atoms with Crippen LogP contribution in [0.3, 0.4) is 0 Å². The largest absolute Gasteiger partial charge is 0.357 e. The Hall–Kier alpha value is -1.81. The first-order valence-corrected chi connectivity index (χ1v) is 6.20. The molecule has 1 heterocycles. The summed E-state index contributed by atoms with van der Waals surface area (Å²) in [6.45, 7) is 3.87. The highest BCUT2D eigenvalue weighted by Gasteiger charge is 2.11. The first kappa shape index (κ1) is 12.6. The Morgan fingerprint density at radius 3 is 2.89 bits per heavy atom. The third kappa shape index (κ3) is 2.71. The fourth-order valence-electron chi connectivity index (χ4n) is 2.00. The lowest BCUT2D eigenvalue weighted by atomic mass is 10.2. The number of aromatic nitrogens is 1. The topological polar surface area (TPSA) is 70.9 Å². The number of carbonyl (C=O) groups excluding carboxylic acids is 1. The molecule has 18 heavy (non-hydrogen) atoms. The van der Waals surface area contributed by atoms with Gasteiger partial charge < -0.3 is 16.0 Å². The van der Waals surface area contributed by atoms with Crippen LogP contribution >= 0.6 is 0 Å². The maximum Gasteiger partial charge on any atom is 0.224 e. The number of amides is 1. The van der Waals surface area contributed by atoms with Crippen molar-refractivity contribution in [2.45, 2.75) is 32.7 Å². The molecule has 0 aliphatic heterocycles. The zero-order valence-electron chi connectivity index (χ0n) is 10.8. The second kappa shape index (κ2) is 5.23. The van der Waals surface area contributed by atoms with Crippen molar-refractivity contribution in [3.8, 4) is 0 Å². The Morgan fingerprint density at radius 2 is 2.17 bits per heavy atom. The number of nitrogens with one attached hydrogen (secondary N) is 2. The number of aryl methyl sites for hydroxylation is 1. The lowest BCUT2D eigenvalue weighted by molar-refractivity contribution is -0.116. The van der Waals surface area contributed by atoms with Crippen LogP contribution in [0.2, 0.25) is 0 Å². The van der Waals surface area contributed by atoms with E-state index >= 15 is 0 Å². The molecule has 2 rings (SSSR count). The summed E-state index contributed by atoms with van der Waals surface area (Å²) in [4.78, 5) is 15.1. The van der Waals surface area contributed by atoms with E-state index in [4.69, 9.17) is 5.73 Å². The lowest BCUT2D eigenvalue weighted by Crippen LogP contribution is -2.19. The van der Waals surface area contributed by atoms with Crippen molar-refractivity contribution >= 4 is 22.5 Å². The molecule has 0 saturated carbocycles. The van der Waals surface area contributed by atoms with Gasteiger partial charge >= 0.3 is 0 Å². The van der Waals surface area contributed by atoms with Gasteiger partial charge in [-0.15, -0.1) is 0 Å². The number of benzene rings is 1. The standard InChI is InChI=1S/C14H19N3O/c1-9(15)7-8-13(18)17-14-10(2)16-12-6-4-3-5-11(12)14/h3-6,9,16H,7-8,15H2,1-2H3,(H,17,18). The average molecular weight is 245 g/mol. The fourth-order valence-corrected chi connectivity index (χ4v) is 2.00. The molecular formula is C14H19N3O. The van der Waals surface area contributed by atoms with Crippen LogP contribution in [0.4, 0.5) is 5.69 Å². The summed E-state index contributed by atoms with van der Waals surface area (Å²) in [5.74, 6) is 0.0140. The lowest BCUT2D eigenvalue weighted by Gasteiger charge is -2.07. The summed E-state index contributed by atoms with van der Waals surface area (Å²) in [6, 6.07) is 7.99. The van der Waals surface area contributed by atoms with E-state index < -0.39 is 0 Å². The minimum Gasteiger partial charge on any atom is -0.357 e. The first-order valence-electron chi connectivity index (χ1n) is 6.20. The van der Waals surface area contributed by atoms with Gasteiger partial charge in [-0.25, -0.2) is 0 Å². The number of carbonyl (C=O) groups is 1. The molecule has 4 N–H and O–H groups in total. The number of fused-ring (bicyclic) bond motifs is 1. The summed E-state index contributed by atoms with van der Waals surface area (Å²) >= 11 is 0. The molecule has 1 aromatic carbocycles. The van der Waals surface area contributed by atoms with Gasteiger partial charge in [0.1, 0.15) is 0 Å². The van der Waals surface area contributed by atoms with Crippen molar-refractivity contribution in [2.24, 2.45) is 5.73 Å². The van der Waals surface area contributed by atoms with Gasteiger partial charge in [0.25, 0.3) is 0 Å². The molecule has 4 nitrogen and oxygen atoms in total. The van der Waals surface area contributed by atoms with E-state index in [-0.39, 0.29) is 11.9 Å². The number of rotatable bonds is 4. The van der Waals surface area contributed by atoms with Gasteiger partial charge in [-0.3, -0.25) is 4.79 Å². The van der Waals surface area contributed by atoms with Crippen LogP contribution in [0.15, 0.2) is 24.3 Å². The predicted molar refractivity (Wildman–Crippen MR) is 74.5 cm³/mol. The quantitative estimate of drug-likeness (QED) is 0.774. The van der Waals surface area contributed by atoms with E-state index in [1.54, 1.807) is 0 Å². The van der Waals surface area contributed by atoms with Crippen LogP contribution in [0, 0.1) is 6.92 Å². The molecule has 1 amide bonds. The van der Waals surface area contributed by atoms with E-state index in [0.717, 1.165) is 22.3 Å². The molecular weight excluding hydrogens is 226 g/mol. The molecule has 0 aliphatic rings. The van der Waals surface area contributed by atoms with Gasteiger partial charge in [-0.2, -0.15) is 0 Å². The molecule has 0 fully saturated rings. The van der Waals surface area contributed by atoms with Crippen molar-refractivity contribution in [1.29, 1.82) is 0 Å². The molecule has 1 aromatic heterocycles. The third-order valence-corrected chi connectivity index (χ3v) is 2.98. The molecule has 0 radical (unpaired) electrons. The Balaban J connectivity index is 2.16. The molecule has 0 spiro atoms. The molecule has 96 valence electrons. The number of anilines is 1. The minimum absolute atomic E-state index is 0.0140. The van der Waals surface area contributed by atoms with Gasteiger partial charge in [0, 0.05) is 29.1 Å². The van der Waals surface area contributed by atoms with E-state index in [2.05, 4.69) is 10.3 Å². The van der Waals surface area contributed by atoms with E-state index in [1.807, 2.05) is 38.1 Å². The zero-order chi connectivity index (χ0) is 13.1. The monoisotopic (exact) mass is 245 g/mol. The smallest absolute Gasteiger partial charge is 0.224 e. The third-order valence-electron chi connectivity index (χ3n) is 2.98. The molecule has 0 bridgehead atoms. The molecule has 4 heteroatoms. The van der Waals surface area contributed by atoms with E-state index in [0.29, 0.717) is 12.8 Å². The fraction of sp³-hybridized carbons (Fsp3) is 0.357. The summed E-state index contributed by atoms with van der Waals surface area (Å²) in [5.41, 5.74) is 8.54.